The maximum Gasteiger partial charge on any atom is 0.326 e. The third kappa shape index (κ3) is 3.09. The van der Waals surface area contributed by atoms with E-state index in [1.807, 2.05) is 0 Å². The second kappa shape index (κ2) is 5.09. The van der Waals surface area contributed by atoms with E-state index in [0.717, 1.165) is 12.8 Å². The number of carbonyl (C=O) groups excluding carboxylic acids is 2. The van der Waals surface area contributed by atoms with Crippen LogP contribution in [0.1, 0.15) is 33.6 Å². The Bertz CT molecular complexity index is 520. The quantitative estimate of drug-likeness (QED) is 0.712. The van der Waals surface area contributed by atoms with Gasteiger partial charge in [-0.25, -0.2) is 4.79 Å². The number of carbonyl (C=O) groups is 3. The molecule has 6 heteroatoms. The number of hydrogen-bond acceptors (Lipinski definition) is 3. The lowest BCUT2D eigenvalue weighted by Crippen LogP contribution is -2.42. The topological polar surface area (TPSA) is 109 Å². The van der Waals surface area contributed by atoms with Crippen molar-refractivity contribution in [2.24, 2.45) is 11.7 Å². The number of aliphatic carboxylic acids is 1. The number of hydrogen-bond donors (Lipinski definition) is 3. The fourth-order valence-corrected chi connectivity index (χ4v) is 1.82. The highest BCUT2D eigenvalue weighted by molar-refractivity contribution is 5.98. The maximum absolute atomic E-state index is 11.9. The Kier molecular flexibility index (Phi) is 3.50. The molecule has 2 rings (SSSR count). The lowest BCUT2D eigenvalue weighted by Gasteiger charge is -2.13. The maximum atomic E-state index is 11.9. The van der Waals surface area contributed by atoms with Gasteiger partial charge < -0.3 is 16.2 Å². The van der Waals surface area contributed by atoms with Crippen molar-refractivity contribution in [3.8, 4) is 0 Å². The first kappa shape index (κ1) is 13.1. The molecule has 1 unspecified atom stereocenters. The molecule has 2 amide bonds. The van der Waals surface area contributed by atoms with Gasteiger partial charge in [0.15, 0.2) is 0 Å². The van der Waals surface area contributed by atoms with Crippen LogP contribution in [0.3, 0.4) is 0 Å². The summed E-state index contributed by atoms with van der Waals surface area (Å²) in [6.07, 6.45) is 1.63. The predicted molar refractivity (Wildman–Crippen MR) is 66.6 cm³/mol. The summed E-state index contributed by atoms with van der Waals surface area (Å²) in [5.74, 6) is -2.04. The molecule has 1 aliphatic rings. The molecule has 19 heavy (non-hydrogen) atoms. The van der Waals surface area contributed by atoms with Crippen LogP contribution in [-0.4, -0.2) is 28.9 Å². The van der Waals surface area contributed by atoms with Gasteiger partial charge in [-0.15, -0.1) is 0 Å². The van der Waals surface area contributed by atoms with Crippen LogP contribution in [0.15, 0.2) is 24.3 Å². The number of primary amides is 1. The number of nitrogens with two attached hydrogens (primary N) is 1. The van der Waals surface area contributed by atoms with E-state index in [1.54, 1.807) is 0 Å². The Hall–Kier alpha value is -2.37. The van der Waals surface area contributed by atoms with Gasteiger partial charge in [0.2, 0.25) is 5.91 Å². The molecule has 0 aliphatic heterocycles. The minimum Gasteiger partial charge on any atom is -0.480 e. The smallest absolute Gasteiger partial charge is 0.326 e. The van der Waals surface area contributed by atoms with Crippen LogP contribution in [-0.2, 0) is 4.79 Å². The Labute approximate surface area is 109 Å². The molecule has 100 valence electrons. The minimum absolute atomic E-state index is 0.0198. The number of nitrogens with one attached hydrogen (secondary N) is 1. The second-order valence-electron chi connectivity index (χ2n) is 4.57. The van der Waals surface area contributed by atoms with Crippen molar-refractivity contribution in [1.82, 2.24) is 5.32 Å². The van der Waals surface area contributed by atoms with Crippen molar-refractivity contribution in [3.05, 3.63) is 35.4 Å². The fraction of sp³-hybridized carbons (Fsp3) is 0.308. The number of carboxylic acids is 1. The number of rotatable bonds is 5. The van der Waals surface area contributed by atoms with Crippen LogP contribution in [0.2, 0.25) is 0 Å². The van der Waals surface area contributed by atoms with Crippen molar-refractivity contribution in [1.29, 1.82) is 0 Å². The zero-order valence-electron chi connectivity index (χ0n) is 10.1. The molecule has 6 nitrogen and oxygen atoms in total. The summed E-state index contributed by atoms with van der Waals surface area (Å²) in [4.78, 5) is 33.8. The molecule has 0 bridgehead atoms. The highest BCUT2D eigenvalue weighted by atomic mass is 16.4. The zero-order valence-corrected chi connectivity index (χ0v) is 10.1. The fourth-order valence-electron chi connectivity index (χ4n) is 1.82. The molecule has 0 saturated heterocycles. The average molecular weight is 262 g/mol. The van der Waals surface area contributed by atoms with Gasteiger partial charge in [-0.1, -0.05) is 0 Å². The Morgan fingerprint density at radius 1 is 1.16 bits per heavy atom. The molecule has 0 spiro atoms. The van der Waals surface area contributed by atoms with Gasteiger partial charge in [-0.3, -0.25) is 9.59 Å². The molecule has 1 saturated carbocycles. The number of benzene rings is 1. The van der Waals surface area contributed by atoms with Crippen molar-refractivity contribution in [2.45, 2.75) is 18.9 Å². The third-order valence-electron chi connectivity index (χ3n) is 3.08. The summed E-state index contributed by atoms with van der Waals surface area (Å²) in [6.45, 7) is 0. The van der Waals surface area contributed by atoms with E-state index in [1.165, 1.54) is 24.3 Å². The Balaban J connectivity index is 2.06. The standard InChI is InChI=1S/C13H14N2O4/c14-11(16)8-3-5-9(6-4-8)12(17)15-10(13(18)19)7-1-2-7/h3-7,10H,1-2H2,(H2,14,16)(H,15,17)(H,18,19). The first-order valence-electron chi connectivity index (χ1n) is 5.92. The van der Waals surface area contributed by atoms with Crippen LogP contribution in [0.4, 0.5) is 0 Å². The van der Waals surface area contributed by atoms with Gasteiger partial charge in [0.1, 0.15) is 6.04 Å². The van der Waals surface area contributed by atoms with E-state index in [-0.39, 0.29) is 5.92 Å². The summed E-state index contributed by atoms with van der Waals surface area (Å²) in [6, 6.07) is 4.92. The molecule has 4 N–H and O–H groups in total. The molecule has 1 atom stereocenters. The first-order chi connectivity index (χ1) is 8.99. The van der Waals surface area contributed by atoms with Gasteiger partial charge in [0, 0.05) is 11.1 Å². The highest BCUT2D eigenvalue weighted by Gasteiger charge is 2.37. The van der Waals surface area contributed by atoms with Crippen LogP contribution in [0.25, 0.3) is 0 Å². The van der Waals surface area contributed by atoms with Crippen molar-refractivity contribution in [3.63, 3.8) is 0 Å². The first-order valence-corrected chi connectivity index (χ1v) is 5.92. The SMILES string of the molecule is NC(=O)c1ccc(C(=O)NC(C(=O)O)C2CC2)cc1. The number of amides is 2. The van der Waals surface area contributed by atoms with Gasteiger partial charge in [-0.2, -0.15) is 0 Å². The van der Waals surface area contributed by atoms with Gasteiger partial charge in [-0.05, 0) is 43.0 Å². The van der Waals surface area contributed by atoms with E-state index in [2.05, 4.69) is 5.32 Å². The van der Waals surface area contributed by atoms with Crippen molar-refractivity contribution >= 4 is 17.8 Å². The lowest BCUT2D eigenvalue weighted by molar-refractivity contribution is -0.139. The Morgan fingerprint density at radius 3 is 2.11 bits per heavy atom. The van der Waals surface area contributed by atoms with E-state index in [0.29, 0.717) is 11.1 Å². The zero-order chi connectivity index (χ0) is 14.0. The van der Waals surface area contributed by atoms with Crippen LogP contribution in [0, 0.1) is 5.92 Å². The molecule has 1 aromatic rings. The summed E-state index contributed by atoms with van der Waals surface area (Å²) in [5, 5.41) is 11.5. The van der Waals surface area contributed by atoms with Gasteiger partial charge in [0.25, 0.3) is 5.91 Å². The van der Waals surface area contributed by atoms with E-state index >= 15 is 0 Å². The second-order valence-corrected chi connectivity index (χ2v) is 4.57. The Morgan fingerprint density at radius 2 is 1.68 bits per heavy atom. The number of carboxylic acid groups (broad SMARTS) is 1. The van der Waals surface area contributed by atoms with Gasteiger partial charge in [0.05, 0.1) is 0 Å². The minimum atomic E-state index is -1.02. The monoisotopic (exact) mass is 262 g/mol. The van der Waals surface area contributed by atoms with Crippen LogP contribution < -0.4 is 11.1 Å². The summed E-state index contributed by atoms with van der Waals surface area (Å²) in [7, 11) is 0. The van der Waals surface area contributed by atoms with Crippen LogP contribution in [0.5, 0.6) is 0 Å². The predicted octanol–water partition coefficient (Wildman–Crippen LogP) is 0.378. The lowest BCUT2D eigenvalue weighted by atomic mass is 10.1. The molecule has 0 radical (unpaired) electrons. The van der Waals surface area contributed by atoms with E-state index in [9.17, 15) is 14.4 Å². The molecule has 0 heterocycles. The molecular weight excluding hydrogens is 248 g/mol. The molecule has 1 aromatic carbocycles. The molecular formula is C13H14N2O4. The van der Waals surface area contributed by atoms with Gasteiger partial charge >= 0.3 is 5.97 Å². The summed E-state index contributed by atoms with van der Waals surface area (Å²) >= 11 is 0. The molecule has 1 aliphatic carbocycles. The third-order valence-corrected chi connectivity index (χ3v) is 3.08. The normalized spacial score (nSPS) is 15.6. The van der Waals surface area contributed by atoms with Crippen LogP contribution >= 0.6 is 0 Å². The summed E-state index contributed by atoms with van der Waals surface area (Å²) < 4.78 is 0. The molecule has 0 aromatic heterocycles. The summed E-state index contributed by atoms with van der Waals surface area (Å²) in [5.41, 5.74) is 5.69. The van der Waals surface area contributed by atoms with E-state index in [4.69, 9.17) is 10.8 Å². The molecule has 1 fully saturated rings. The van der Waals surface area contributed by atoms with Crippen molar-refractivity contribution in [2.75, 3.05) is 0 Å². The van der Waals surface area contributed by atoms with Crippen molar-refractivity contribution < 1.29 is 19.5 Å². The largest absolute Gasteiger partial charge is 0.480 e. The average Bonchev–Trinajstić information content (AvgIpc) is 3.19. The highest BCUT2D eigenvalue weighted by Crippen LogP contribution is 2.32. The van der Waals surface area contributed by atoms with E-state index < -0.39 is 23.8 Å².